The van der Waals surface area contributed by atoms with E-state index in [0.29, 0.717) is 12.8 Å². The van der Waals surface area contributed by atoms with Crippen LogP contribution in [0.5, 0.6) is 0 Å². The number of nitrogens with one attached hydrogen (secondary N) is 2. The number of benzene rings is 1. The van der Waals surface area contributed by atoms with E-state index < -0.39 is 37.0 Å². The monoisotopic (exact) mass is 390 g/mol. The third-order valence-electron chi connectivity index (χ3n) is 3.63. The number of carboxylic acid groups (broad SMARTS) is 1. The number of carboxylic acids is 1. The van der Waals surface area contributed by atoms with Crippen LogP contribution in [0.1, 0.15) is 33.1 Å². The summed E-state index contributed by atoms with van der Waals surface area (Å²) in [7, 11) is -8.34. The first-order chi connectivity index (χ1) is 11.5. The molecule has 0 bridgehead atoms. The second kappa shape index (κ2) is 7.40. The Bertz CT molecular complexity index is 845. The largest absolute Gasteiger partial charge is 0.480 e. The molecule has 1 saturated carbocycles. The van der Waals surface area contributed by atoms with Gasteiger partial charge in [0.25, 0.3) is 0 Å². The van der Waals surface area contributed by atoms with Crippen molar-refractivity contribution in [1.82, 2.24) is 9.44 Å². The van der Waals surface area contributed by atoms with E-state index in [2.05, 4.69) is 9.44 Å². The van der Waals surface area contributed by atoms with E-state index in [1.807, 2.05) is 0 Å². The van der Waals surface area contributed by atoms with Crippen molar-refractivity contribution >= 4 is 26.0 Å². The molecule has 1 aromatic carbocycles. The second-order valence-electron chi connectivity index (χ2n) is 6.48. The minimum absolute atomic E-state index is 0.0562. The molecule has 1 aliphatic rings. The molecule has 2 rings (SSSR count). The maximum Gasteiger partial charge on any atom is 0.321 e. The van der Waals surface area contributed by atoms with Crippen LogP contribution in [-0.4, -0.2) is 40.0 Å². The molecule has 1 aliphatic carbocycles. The standard InChI is InChI=1S/C15H22N2O6S2/c1-10(2)9-12(15(18)19)17-25(22,23)14-6-4-3-5-13(14)24(20,21)16-11-7-8-11/h3-6,10-12,16-17H,7-9H2,1-2H3,(H,18,19)/t12-/m0/s1. The van der Waals surface area contributed by atoms with Crippen molar-refractivity contribution in [3.8, 4) is 0 Å². The third kappa shape index (κ3) is 5.24. The van der Waals surface area contributed by atoms with Gasteiger partial charge in [-0.05, 0) is 37.3 Å². The highest BCUT2D eigenvalue weighted by molar-refractivity contribution is 7.92. The molecule has 0 heterocycles. The van der Waals surface area contributed by atoms with Gasteiger partial charge in [0, 0.05) is 6.04 Å². The summed E-state index contributed by atoms with van der Waals surface area (Å²) in [6.07, 6.45) is 1.51. The summed E-state index contributed by atoms with van der Waals surface area (Å²) in [5, 5.41) is 9.23. The Morgan fingerprint density at radius 1 is 1.12 bits per heavy atom. The molecule has 1 aromatic rings. The lowest BCUT2D eigenvalue weighted by Crippen LogP contribution is -2.42. The molecule has 3 N–H and O–H groups in total. The van der Waals surface area contributed by atoms with Gasteiger partial charge in [0.05, 0.1) is 0 Å². The van der Waals surface area contributed by atoms with E-state index in [4.69, 9.17) is 0 Å². The molecule has 8 nitrogen and oxygen atoms in total. The summed E-state index contributed by atoms with van der Waals surface area (Å²) >= 11 is 0. The van der Waals surface area contributed by atoms with Crippen molar-refractivity contribution in [3.63, 3.8) is 0 Å². The summed E-state index contributed by atoms with van der Waals surface area (Å²) in [5.41, 5.74) is 0. The van der Waals surface area contributed by atoms with Gasteiger partial charge in [0.15, 0.2) is 0 Å². The molecular weight excluding hydrogens is 368 g/mol. The smallest absolute Gasteiger partial charge is 0.321 e. The van der Waals surface area contributed by atoms with E-state index >= 15 is 0 Å². The highest BCUT2D eigenvalue weighted by Gasteiger charge is 2.33. The molecule has 25 heavy (non-hydrogen) atoms. The van der Waals surface area contributed by atoms with Gasteiger partial charge >= 0.3 is 5.97 Å². The Hall–Kier alpha value is -1.49. The zero-order chi connectivity index (χ0) is 18.8. The van der Waals surface area contributed by atoms with Crippen LogP contribution < -0.4 is 9.44 Å². The maximum atomic E-state index is 12.6. The van der Waals surface area contributed by atoms with Gasteiger partial charge < -0.3 is 5.11 Å². The molecule has 1 atom stereocenters. The Morgan fingerprint density at radius 3 is 2.08 bits per heavy atom. The molecule has 10 heteroatoms. The summed E-state index contributed by atoms with van der Waals surface area (Å²) in [4.78, 5) is 10.5. The molecule has 0 aliphatic heterocycles. The van der Waals surface area contributed by atoms with E-state index in [9.17, 15) is 26.7 Å². The molecule has 0 amide bonds. The number of sulfonamides is 2. The van der Waals surface area contributed by atoms with Gasteiger partial charge in [0.1, 0.15) is 15.8 Å². The van der Waals surface area contributed by atoms with E-state index in [1.165, 1.54) is 18.2 Å². The maximum absolute atomic E-state index is 12.6. The number of carbonyl (C=O) groups is 1. The molecular formula is C15H22N2O6S2. The fourth-order valence-electron chi connectivity index (χ4n) is 2.30. The van der Waals surface area contributed by atoms with Crippen molar-refractivity contribution in [2.45, 2.75) is 55.0 Å². The SMILES string of the molecule is CC(C)C[C@H](NS(=O)(=O)c1ccccc1S(=O)(=O)NC1CC1)C(=O)O. The Labute approximate surface area is 147 Å². The minimum Gasteiger partial charge on any atom is -0.480 e. The predicted molar refractivity (Wildman–Crippen MR) is 91.0 cm³/mol. The van der Waals surface area contributed by atoms with Crippen molar-refractivity contribution in [3.05, 3.63) is 24.3 Å². The average Bonchev–Trinajstić information content (AvgIpc) is 3.29. The van der Waals surface area contributed by atoms with Gasteiger partial charge in [-0.25, -0.2) is 21.6 Å². The number of rotatable bonds is 9. The Kier molecular flexibility index (Phi) is 5.87. The zero-order valence-electron chi connectivity index (χ0n) is 14.0. The van der Waals surface area contributed by atoms with Gasteiger partial charge in [-0.15, -0.1) is 0 Å². The van der Waals surface area contributed by atoms with Crippen LogP contribution in [0.2, 0.25) is 0 Å². The lowest BCUT2D eigenvalue weighted by Gasteiger charge is -2.18. The Balaban J connectivity index is 2.37. The number of aliphatic carboxylic acids is 1. The van der Waals surface area contributed by atoms with Crippen molar-refractivity contribution in [2.75, 3.05) is 0 Å². The van der Waals surface area contributed by atoms with Crippen LogP contribution in [0, 0.1) is 5.92 Å². The predicted octanol–water partition coefficient (Wildman–Crippen LogP) is 0.905. The first-order valence-electron chi connectivity index (χ1n) is 7.89. The molecule has 0 saturated heterocycles. The lowest BCUT2D eigenvalue weighted by atomic mass is 10.1. The zero-order valence-corrected chi connectivity index (χ0v) is 15.6. The molecule has 0 spiro atoms. The average molecular weight is 390 g/mol. The first kappa shape index (κ1) is 19.8. The van der Waals surface area contributed by atoms with Crippen LogP contribution in [0.25, 0.3) is 0 Å². The van der Waals surface area contributed by atoms with Crippen LogP contribution in [0.3, 0.4) is 0 Å². The summed E-state index contributed by atoms with van der Waals surface area (Å²) in [5.74, 6) is -1.37. The summed E-state index contributed by atoms with van der Waals surface area (Å²) in [6, 6.07) is 3.64. The summed E-state index contributed by atoms with van der Waals surface area (Å²) < 4.78 is 54.7. The van der Waals surface area contributed by atoms with Gasteiger partial charge in [-0.2, -0.15) is 4.72 Å². The van der Waals surface area contributed by atoms with E-state index in [1.54, 1.807) is 13.8 Å². The number of hydrogen-bond acceptors (Lipinski definition) is 5. The van der Waals surface area contributed by atoms with Crippen LogP contribution in [-0.2, 0) is 24.8 Å². The molecule has 1 fully saturated rings. The van der Waals surface area contributed by atoms with Crippen LogP contribution in [0.15, 0.2) is 34.1 Å². The fraction of sp³-hybridized carbons (Fsp3) is 0.533. The second-order valence-corrected chi connectivity index (χ2v) is 9.85. The highest BCUT2D eigenvalue weighted by atomic mass is 32.2. The van der Waals surface area contributed by atoms with Gasteiger partial charge in [-0.3, -0.25) is 4.79 Å². The summed E-state index contributed by atoms with van der Waals surface area (Å²) in [6.45, 7) is 3.53. The highest BCUT2D eigenvalue weighted by Crippen LogP contribution is 2.26. The van der Waals surface area contributed by atoms with Crippen molar-refractivity contribution in [1.29, 1.82) is 0 Å². The Morgan fingerprint density at radius 2 is 1.64 bits per heavy atom. The topological polar surface area (TPSA) is 130 Å². The van der Waals surface area contributed by atoms with E-state index in [0.717, 1.165) is 6.07 Å². The molecule has 0 unspecified atom stereocenters. The van der Waals surface area contributed by atoms with Crippen molar-refractivity contribution in [2.24, 2.45) is 5.92 Å². The van der Waals surface area contributed by atoms with Gasteiger partial charge in [-0.1, -0.05) is 26.0 Å². The third-order valence-corrected chi connectivity index (χ3v) is 6.87. The first-order valence-corrected chi connectivity index (χ1v) is 10.9. The normalized spacial score (nSPS) is 16.8. The van der Waals surface area contributed by atoms with Crippen LogP contribution >= 0.6 is 0 Å². The minimum atomic E-state index is -4.33. The molecule has 140 valence electrons. The molecule has 0 aromatic heterocycles. The van der Waals surface area contributed by atoms with Gasteiger partial charge in [0.2, 0.25) is 20.0 Å². The van der Waals surface area contributed by atoms with E-state index in [-0.39, 0.29) is 23.3 Å². The number of hydrogen-bond donors (Lipinski definition) is 3. The quantitative estimate of drug-likeness (QED) is 0.574. The van der Waals surface area contributed by atoms with Crippen LogP contribution in [0.4, 0.5) is 0 Å². The van der Waals surface area contributed by atoms with Crippen molar-refractivity contribution < 1.29 is 26.7 Å². The fourth-order valence-corrected chi connectivity index (χ4v) is 5.64. The lowest BCUT2D eigenvalue weighted by molar-refractivity contribution is -0.139. The molecule has 0 radical (unpaired) electrons.